The first-order chi connectivity index (χ1) is 8.65. The molecule has 1 aromatic rings. The third-order valence-electron chi connectivity index (χ3n) is 2.31. The summed E-state index contributed by atoms with van der Waals surface area (Å²) in [6.45, 7) is 1.29. The van der Waals surface area contributed by atoms with Crippen LogP contribution in [0.2, 0.25) is 0 Å². The monoisotopic (exact) mass is 268 g/mol. The molecular formula is C11H16N4O2S. The van der Waals surface area contributed by atoms with Gasteiger partial charge in [-0.1, -0.05) is 0 Å². The molecule has 4 N–H and O–H groups in total. The Hall–Kier alpha value is -1.78. The average Bonchev–Trinajstić information content (AvgIpc) is 2.70. The molecule has 0 fully saturated rings. The second kappa shape index (κ2) is 6.83. The molecule has 1 heterocycles. The summed E-state index contributed by atoms with van der Waals surface area (Å²) in [5.41, 5.74) is 6.36. The van der Waals surface area contributed by atoms with Crippen LogP contribution in [-0.2, 0) is 4.74 Å². The third-order valence-corrected chi connectivity index (χ3v) is 3.38. The van der Waals surface area contributed by atoms with E-state index in [-0.39, 0.29) is 11.6 Å². The average molecular weight is 268 g/mol. The van der Waals surface area contributed by atoms with E-state index in [1.807, 2.05) is 6.07 Å². The molecule has 0 atom stereocenters. The molecule has 0 aliphatic heterocycles. The molecule has 1 amide bonds. The van der Waals surface area contributed by atoms with E-state index < -0.39 is 0 Å². The summed E-state index contributed by atoms with van der Waals surface area (Å²) in [6, 6.07) is 1.99. The van der Waals surface area contributed by atoms with Crippen LogP contribution in [0.3, 0.4) is 0 Å². The lowest BCUT2D eigenvalue weighted by atomic mass is 10.2. The van der Waals surface area contributed by atoms with Crippen LogP contribution in [0.25, 0.3) is 0 Å². The molecule has 0 spiro atoms. The van der Waals surface area contributed by atoms with Gasteiger partial charge >= 0.3 is 0 Å². The number of anilines is 2. The van der Waals surface area contributed by atoms with Gasteiger partial charge < -0.3 is 21.1 Å². The zero-order valence-corrected chi connectivity index (χ0v) is 11.2. The van der Waals surface area contributed by atoms with E-state index in [1.165, 1.54) is 18.4 Å². The van der Waals surface area contributed by atoms with Crippen LogP contribution in [0.15, 0.2) is 0 Å². The number of amides is 1. The van der Waals surface area contributed by atoms with Crippen molar-refractivity contribution in [3.05, 3.63) is 10.4 Å². The Morgan fingerprint density at radius 2 is 2.33 bits per heavy atom. The minimum absolute atomic E-state index is 0.232. The summed E-state index contributed by atoms with van der Waals surface area (Å²) < 4.78 is 4.94. The van der Waals surface area contributed by atoms with Crippen molar-refractivity contribution in [2.45, 2.75) is 6.42 Å². The number of hydrogen-bond acceptors (Lipinski definition) is 6. The molecule has 0 aliphatic carbocycles. The Labute approximate surface area is 110 Å². The lowest BCUT2D eigenvalue weighted by Crippen LogP contribution is -2.20. The van der Waals surface area contributed by atoms with Crippen LogP contribution in [-0.4, -0.2) is 33.2 Å². The molecule has 18 heavy (non-hydrogen) atoms. The first-order valence-electron chi connectivity index (χ1n) is 5.43. The van der Waals surface area contributed by atoms with Crippen molar-refractivity contribution < 1.29 is 9.53 Å². The van der Waals surface area contributed by atoms with Crippen molar-refractivity contribution in [3.8, 4) is 6.07 Å². The predicted molar refractivity (Wildman–Crippen MR) is 71.8 cm³/mol. The summed E-state index contributed by atoms with van der Waals surface area (Å²) in [6.07, 6.45) is 0.809. The molecule has 0 saturated carbocycles. The second-order valence-electron chi connectivity index (χ2n) is 3.51. The SMILES string of the molecule is CNC(=O)c1c(NCCCOC)sc(C#N)c1N. The van der Waals surface area contributed by atoms with Gasteiger partial charge in [-0.2, -0.15) is 5.26 Å². The molecule has 98 valence electrons. The molecular weight excluding hydrogens is 252 g/mol. The van der Waals surface area contributed by atoms with Crippen molar-refractivity contribution in [3.63, 3.8) is 0 Å². The van der Waals surface area contributed by atoms with Crippen LogP contribution in [0.4, 0.5) is 10.7 Å². The van der Waals surface area contributed by atoms with E-state index in [9.17, 15) is 4.79 Å². The van der Waals surface area contributed by atoms with E-state index in [0.717, 1.165) is 6.42 Å². The van der Waals surface area contributed by atoms with Gasteiger partial charge in [0, 0.05) is 27.3 Å². The highest BCUT2D eigenvalue weighted by Gasteiger charge is 2.20. The number of methoxy groups -OCH3 is 1. The number of ether oxygens (including phenoxy) is 1. The van der Waals surface area contributed by atoms with Gasteiger partial charge in [0.15, 0.2) is 0 Å². The Kier molecular flexibility index (Phi) is 5.42. The van der Waals surface area contributed by atoms with Crippen LogP contribution < -0.4 is 16.4 Å². The van der Waals surface area contributed by atoms with Crippen molar-refractivity contribution >= 4 is 27.9 Å². The van der Waals surface area contributed by atoms with Gasteiger partial charge in [0.25, 0.3) is 5.91 Å². The molecule has 0 saturated heterocycles. The van der Waals surface area contributed by atoms with Gasteiger partial charge in [-0.05, 0) is 6.42 Å². The third kappa shape index (κ3) is 3.12. The molecule has 0 aliphatic rings. The van der Waals surface area contributed by atoms with Gasteiger partial charge in [0.05, 0.1) is 11.3 Å². The van der Waals surface area contributed by atoms with Crippen LogP contribution in [0.5, 0.6) is 0 Å². The number of hydrogen-bond donors (Lipinski definition) is 3. The van der Waals surface area contributed by atoms with Crippen molar-refractivity contribution in [1.82, 2.24) is 5.32 Å². The summed E-state index contributed by atoms with van der Waals surface area (Å²) in [5, 5.41) is 15.2. The number of nitrogens with one attached hydrogen (secondary N) is 2. The summed E-state index contributed by atoms with van der Waals surface area (Å²) in [4.78, 5) is 12.1. The number of thiophene rings is 1. The van der Waals surface area contributed by atoms with Crippen molar-refractivity contribution in [2.24, 2.45) is 0 Å². The summed E-state index contributed by atoms with van der Waals surface area (Å²) >= 11 is 1.19. The second-order valence-corrected chi connectivity index (χ2v) is 4.53. The number of nitrogens with zero attached hydrogens (tertiary/aromatic N) is 1. The molecule has 7 heteroatoms. The fraction of sp³-hybridized carbons (Fsp3) is 0.455. The Bertz CT molecular complexity index is 464. The lowest BCUT2D eigenvalue weighted by molar-refractivity contribution is 0.0965. The first-order valence-corrected chi connectivity index (χ1v) is 6.24. The fourth-order valence-electron chi connectivity index (χ4n) is 1.42. The number of nitriles is 1. The van der Waals surface area contributed by atoms with Crippen LogP contribution >= 0.6 is 11.3 Å². The summed E-state index contributed by atoms with van der Waals surface area (Å²) in [7, 11) is 3.16. The molecule has 0 aromatic carbocycles. The molecule has 6 nitrogen and oxygen atoms in total. The zero-order valence-electron chi connectivity index (χ0n) is 10.4. The normalized spacial score (nSPS) is 9.83. The first kappa shape index (κ1) is 14.3. The predicted octanol–water partition coefficient (Wildman–Crippen LogP) is 1.01. The number of nitrogen functional groups attached to an aromatic ring is 1. The molecule has 0 unspecified atom stereocenters. The molecule has 0 bridgehead atoms. The van der Waals surface area contributed by atoms with Gasteiger partial charge in [-0.15, -0.1) is 11.3 Å². The highest BCUT2D eigenvalue weighted by atomic mass is 32.1. The molecule has 1 rings (SSSR count). The maximum absolute atomic E-state index is 11.7. The van der Waals surface area contributed by atoms with E-state index in [1.54, 1.807) is 7.11 Å². The highest BCUT2D eigenvalue weighted by Crippen LogP contribution is 2.35. The van der Waals surface area contributed by atoms with Gasteiger partial charge in [-0.3, -0.25) is 4.79 Å². The largest absolute Gasteiger partial charge is 0.396 e. The van der Waals surface area contributed by atoms with Gasteiger partial charge in [0.1, 0.15) is 15.9 Å². The minimum atomic E-state index is -0.292. The van der Waals surface area contributed by atoms with E-state index in [2.05, 4.69) is 10.6 Å². The number of rotatable bonds is 6. The molecule has 1 aromatic heterocycles. The Morgan fingerprint density at radius 3 is 2.89 bits per heavy atom. The maximum Gasteiger partial charge on any atom is 0.256 e. The number of carbonyl (C=O) groups excluding carboxylic acids is 1. The van der Waals surface area contributed by atoms with Gasteiger partial charge in [-0.25, -0.2) is 0 Å². The quantitative estimate of drug-likeness (QED) is 0.668. The zero-order chi connectivity index (χ0) is 13.5. The highest BCUT2D eigenvalue weighted by molar-refractivity contribution is 7.17. The maximum atomic E-state index is 11.7. The van der Waals surface area contributed by atoms with E-state index >= 15 is 0 Å². The fourth-order valence-corrected chi connectivity index (χ4v) is 2.36. The minimum Gasteiger partial charge on any atom is -0.396 e. The standard InChI is InChI=1S/C11H16N4O2S/c1-14-10(16)8-9(13)7(6-12)18-11(8)15-4-3-5-17-2/h15H,3-5,13H2,1-2H3,(H,14,16). The van der Waals surface area contributed by atoms with Crippen LogP contribution in [0.1, 0.15) is 21.7 Å². The van der Waals surface area contributed by atoms with Crippen LogP contribution in [0, 0.1) is 11.3 Å². The number of nitrogens with two attached hydrogens (primary N) is 1. The lowest BCUT2D eigenvalue weighted by Gasteiger charge is -2.06. The smallest absolute Gasteiger partial charge is 0.256 e. The number of carbonyl (C=O) groups is 1. The van der Waals surface area contributed by atoms with E-state index in [4.69, 9.17) is 15.7 Å². The topological polar surface area (TPSA) is 100 Å². The summed E-state index contributed by atoms with van der Waals surface area (Å²) in [5.74, 6) is -0.292. The van der Waals surface area contributed by atoms with Crippen molar-refractivity contribution in [1.29, 1.82) is 5.26 Å². The van der Waals surface area contributed by atoms with Gasteiger partial charge in [0.2, 0.25) is 0 Å². The molecule has 0 radical (unpaired) electrons. The Balaban J connectivity index is 2.89. The van der Waals surface area contributed by atoms with E-state index in [0.29, 0.717) is 28.6 Å². The van der Waals surface area contributed by atoms with Crippen molar-refractivity contribution in [2.75, 3.05) is 38.4 Å². The Morgan fingerprint density at radius 1 is 1.61 bits per heavy atom.